The molecular weight excluding hydrogens is 300 g/mol. The van der Waals surface area contributed by atoms with E-state index >= 15 is 0 Å². The molecular formula is C10H10N6O4S. The van der Waals surface area contributed by atoms with Crippen LogP contribution in [0.1, 0.15) is 0 Å². The van der Waals surface area contributed by atoms with Crippen molar-refractivity contribution in [1.29, 1.82) is 0 Å². The number of rotatable bonds is 5. The summed E-state index contributed by atoms with van der Waals surface area (Å²) in [5, 5.41) is 20.7. The molecule has 0 saturated carbocycles. The minimum atomic E-state index is -4.20. The molecule has 0 aliphatic carbocycles. The van der Waals surface area contributed by atoms with Crippen molar-refractivity contribution in [3.05, 3.63) is 40.7 Å². The molecule has 21 heavy (non-hydrogen) atoms. The predicted octanol–water partition coefficient (Wildman–Crippen LogP) is 0.622. The molecule has 1 aromatic carbocycles. The lowest BCUT2D eigenvalue weighted by Crippen LogP contribution is -2.16. The number of sulfonamides is 1. The highest BCUT2D eigenvalue weighted by Gasteiger charge is 2.27. The number of hydrogen-bond donors (Lipinski definition) is 2. The Balaban J connectivity index is 2.47. The van der Waals surface area contributed by atoms with Gasteiger partial charge in [-0.25, -0.2) is 18.1 Å². The molecule has 0 aliphatic rings. The van der Waals surface area contributed by atoms with Gasteiger partial charge in [0, 0.05) is 18.8 Å². The topological polar surface area (TPSA) is 140 Å². The molecule has 2 N–H and O–H groups in total. The molecule has 0 radical (unpaired) electrons. The lowest BCUT2D eigenvalue weighted by molar-refractivity contribution is -0.387. The van der Waals surface area contributed by atoms with Gasteiger partial charge in [0.15, 0.2) is 4.90 Å². The molecule has 1 heterocycles. The molecule has 0 unspecified atom stereocenters. The number of anilines is 2. The standard InChI is InChI=1S/C10H10N6O4S/c1-11-7-2-3-9(8(6-7)16(17)18)21(19,20)15-10-12-4-5-13-14-10/h2-6,11H,1H3,(H,12,14,15). The lowest BCUT2D eigenvalue weighted by atomic mass is 10.3. The third-order valence-corrected chi connectivity index (χ3v) is 3.82. The van der Waals surface area contributed by atoms with Crippen LogP contribution in [0.15, 0.2) is 35.5 Å². The number of benzene rings is 1. The van der Waals surface area contributed by atoms with E-state index < -0.39 is 25.5 Å². The first-order valence-corrected chi connectivity index (χ1v) is 7.05. The van der Waals surface area contributed by atoms with Crippen molar-refractivity contribution >= 4 is 27.3 Å². The van der Waals surface area contributed by atoms with Crippen LogP contribution in [-0.4, -0.2) is 35.6 Å². The van der Waals surface area contributed by atoms with Crippen LogP contribution >= 0.6 is 0 Å². The van der Waals surface area contributed by atoms with E-state index in [4.69, 9.17) is 0 Å². The number of nitro benzene ring substituents is 1. The van der Waals surface area contributed by atoms with Crippen LogP contribution in [0.4, 0.5) is 17.3 Å². The van der Waals surface area contributed by atoms with Gasteiger partial charge in [-0.2, -0.15) is 5.10 Å². The largest absolute Gasteiger partial charge is 0.388 e. The zero-order chi connectivity index (χ0) is 15.5. The third kappa shape index (κ3) is 3.20. The molecule has 2 aromatic rings. The summed E-state index contributed by atoms with van der Waals surface area (Å²) in [7, 11) is -2.63. The van der Waals surface area contributed by atoms with Gasteiger partial charge in [-0.1, -0.05) is 0 Å². The second-order valence-corrected chi connectivity index (χ2v) is 5.41. The van der Waals surface area contributed by atoms with Gasteiger partial charge in [0.2, 0.25) is 0 Å². The second-order valence-electron chi connectivity index (χ2n) is 3.76. The Morgan fingerprint density at radius 2 is 2.05 bits per heavy atom. The van der Waals surface area contributed by atoms with E-state index in [0.29, 0.717) is 5.69 Å². The van der Waals surface area contributed by atoms with Gasteiger partial charge in [-0.05, 0) is 12.1 Å². The van der Waals surface area contributed by atoms with Crippen molar-refractivity contribution < 1.29 is 13.3 Å². The smallest absolute Gasteiger partial charge is 0.291 e. The van der Waals surface area contributed by atoms with Gasteiger partial charge >= 0.3 is 0 Å². The van der Waals surface area contributed by atoms with Gasteiger partial charge in [0.05, 0.1) is 17.3 Å². The van der Waals surface area contributed by atoms with Gasteiger partial charge in [-0.3, -0.25) is 10.1 Å². The first-order chi connectivity index (χ1) is 9.94. The highest BCUT2D eigenvalue weighted by atomic mass is 32.2. The summed E-state index contributed by atoms with van der Waals surface area (Å²) >= 11 is 0. The van der Waals surface area contributed by atoms with Gasteiger partial charge in [0.25, 0.3) is 21.7 Å². The summed E-state index contributed by atoms with van der Waals surface area (Å²) in [4.78, 5) is 13.4. The van der Waals surface area contributed by atoms with E-state index in [1.54, 1.807) is 7.05 Å². The maximum atomic E-state index is 12.2. The lowest BCUT2D eigenvalue weighted by Gasteiger charge is -2.07. The molecule has 10 nitrogen and oxygen atoms in total. The Morgan fingerprint density at radius 1 is 1.29 bits per heavy atom. The third-order valence-electron chi connectivity index (χ3n) is 2.44. The SMILES string of the molecule is CNc1ccc(S(=O)(=O)Nc2nccnn2)c([N+](=O)[O-])c1. The van der Waals surface area contributed by atoms with Gasteiger partial charge in [-0.15, -0.1) is 5.10 Å². The van der Waals surface area contributed by atoms with Crippen molar-refractivity contribution in [3.8, 4) is 0 Å². The summed E-state index contributed by atoms with van der Waals surface area (Å²) in [5.74, 6) is -0.274. The van der Waals surface area contributed by atoms with Crippen LogP contribution in [0.5, 0.6) is 0 Å². The summed E-state index contributed by atoms with van der Waals surface area (Å²) in [5.41, 5.74) is -0.142. The van der Waals surface area contributed by atoms with E-state index in [1.165, 1.54) is 18.5 Å². The highest BCUT2D eigenvalue weighted by Crippen LogP contribution is 2.27. The molecule has 0 spiro atoms. The first-order valence-electron chi connectivity index (χ1n) is 5.57. The Labute approximate surface area is 119 Å². The van der Waals surface area contributed by atoms with Crippen LogP contribution in [0.2, 0.25) is 0 Å². The molecule has 1 aromatic heterocycles. The zero-order valence-electron chi connectivity index (χ0n) is 10.7. The van der Waals surface area contributed by atoms with Crippen molar-refractivity contribution in [1.82, 2.24) is 15.2 Å². The number of nitrogens with one attached hydrogen (secondary N) is 2. The van der Waals surface area contributed by atoms with E-state index in [2.05, 4.69) is 20.5 Å². The average Bonchev–Trinajstić information content (AvgIpc) is 2.47. The van der Waals surface area contributed by atoms with Crippen molar-refractivity contribution in [2.75, 3.05) is 17.1 Å². The summed E-state index contributed by atoms with van der Waals surface area (Å²) < 4.78 is 26.4. The number of nitrogens with zero attached hydrogens (tertiary/aromatic N) is 4. The van der Waals surface area contributed by atoms with Crippen LogP contribution in [0.25, 0.3) is 0 Å². The van der Waals surface area contributed by atoms with Crippen molar-refractivity contribution in [3.63, 3.8) is 0 Å². The van der Waals surface area contributed by atoms with Gasteiger partial charge < -0.3 is 5.32 Å². The molecule has 110 valence electrons. The van der Waals surface area contributed by atoms with Crippen LogP contribution < -0.4 is 10.0 Å². The van der Waals surface area contributed by atoms with Crippen LogP contribution in [0.3, 0.4) is 0 Å². The molecule has 0 fully saturated rings. The maximum absolute atomic E-state index is 12.2. The number of hydrogen-bond acceptors (Lipinski definition) is 8. The predicted molar refractivity (Wildman–Crippen MR) is 73.3 cm³/mol. The zero-order valence-corrected chi connectivity index (χ0v) is 11.5. The monoisotopic (exact) mass is 310 g/mol. The van der Waals surface area contributed by atoms with Crippen LogP contribution in [-0.2, 0) is 10.0 Å². The minimum Gasteiger partial charge on any atom is -0.388 e. The van der Waals surface area contributed by atoms with E-state index in [9.17, 15) is 18.5 Å². The molecule has 0 amide bonds. The van der Waals surface area contributed by atoms with E-state index in [1.807, 2.05) is 4.72 Å². The summed E-state index contributed by atoms with van der Waals surface area (Å²) in [6, 6.07) is 3.66. The quantitative estimate of drug-likeness (QED) is 0.605. The first kappa shape index (κ1) is 14.6. The van der Waals surface area contributed by atoms with Crippen molar-refractivity contribution in [2.45, 2.75) is 4.90 Å². The summed E-state index contributed by atoms with van der Waals surface area (Å²) in [6.45, 7) is 0. The molecule has 0 bridgehead atoms. The Hall–Kier alpha value is -2.82. The Morgan fingerprint density at radius 3 is 2.62 bits per heavy atom. The Bertz CT molecular complexity index is 764. The fourth-order valence-corrected chi connectivity index (χ4v) is 2.61. The Kier molecular flexibility index (Phi) is 3.93. The normalized spacial score (nSPS) is 10.9. The fraction of sp³-hybridized carbons (Fsp3) is 0.100. The molecule has 0 aliphatic heterocycles. The summed E-state index contributed by atoms with van der Waals surface area (Å²) in [6.07, 6.45) is 2.51. The number of aromatic nitrogens is 3. The molecule has 0 saturated heterocycles. The van der Waals surface area contributed by atoms with E-state index in [0.717, 1.165) is 12.1 Å². The minimum absolute atomic E-state index is 0.274. The molecule has 11 heteroatoms. The van der Waals surface area contributed by atoms with Crippen LogP contribution in [0, 0.1) is 10.1 Å². The fourth-order valence-electron chi connectivity index (χ4n) is 1.51. The van der Waals surface area contributed by atoms with Gasteiger partial charge in [0.1, 0.15) is 0 Å². The molecule has 2 rings (SSSR count). The van der Waals surface area contributed by atoms with Crippen molar-refractivity contribution in [2.24, 2.45) is 0 Å². The maximum Gasteiger partial charge on any atom is 0.291 e. The molecule has 0 atom stereocenters. The highest BCUT2D eigenvalue weighted by molar-refractivity contribution is 7.92. The van der Waals surface area contributed by atoms with E-state index in [-0.39, 0.29) is 5.95 Å². The number of nitro groups is 1. The average molecular weight is 310 g/mol. The second kappa shape index (κ2) is 5.66.